The highest BCUT2D eigenvalue weighted by molar-refractivity contribution is 6.34. The summed E-state index contributed by atoms with van der Waals surface area (Å²) in [5.41, 5.74) is 0.700. The molecule has 0 aliphatic rings. The summed E-state index contributed by atoms with van der Waals surface area (Å²) >= 11 is 11.6. The number of unbranched alkanes of at least 4 members (excludes halogenated alkanes) is 1. The topological polar surface area (TPSA) is 13.1 Å². The van der Waals surface area contributed by atoms with E-state index in [1.807, 2.05) is 18.2 Å². The number of rotatable bonds is 2. The Morgan fingerprint density at radius 1 is 1.31 bits per heavy atom. The number of furan rings is 1. The predicted molar refractivity (Wildman–Crippen MR) is 68.1 cm³/mol. The fourth-order valence-electron chi connectivity index (χ4n) is 1.39. The van der Waals surface area contributed by atoms with Gasteiger partial charge in [0.1, 0.15) is 0 Å². The molecule has 0 unspecified atom stereocenters. The molecule has 2 rings (SSSR count). The molecule has 0 saturated heterocycles. The van der Waals surface area contributed by atoms with Crippen LogP contribution in [0, 0.1) is 11.8 Å². The number of alkyl halides is 1. The Bertz CT molecular complexity index is 546. The molecule has 0 fully saturated rings. The monoisotopic (exact) mass is 252 g/mol. The number of hydrogen-bond donors (Lipinski definition) is 0. The maximum atomic E-state index is 5.99. The van der Waals surface area contributed by atoms with Gasteiger partial charge in [0.2, 0.25) is 0 Å². The molecule has 0 radical (unpaired) electrons. The highest BCUT2D eigenvalue weighted by Crippen LogP contribution is 2.26. The molecule has 3 heteroatoms. The zero-order valence-corrected chi connectivity index (χ0v) is 10.1. The van der Waals surface area contributed by atoms with Gasteiger partial charge in [-0.05, 0) is 18.4 Å². The van der Waals surface area contributed by atoms with E-state index in [9.17, 15) is 0 Å². The number of fused-ring (bicyclic) bond motifs is 1. The summed E-state index contributed by atoms with van der Waals surface area (Å²) in [6.07, 6.45) is 1.68. The van der Waals surface area contributed by atoms with Crippen molar-refractivity contribution in [3.05, 3.63) is 35.0 Å². The smallest absolute Gasteiger partial charge is 0.178 e. The van der Waals surface area contributed by atoms with Crippen molar-refractivity contribution in [2.45, 2.75) is 12.8 Å². The Hall–Kier alpha value is -1.10. The van der Waals surface area contributed by atoms with E-state index in [0.717, 1.165) is 18.2 Å². The maximum Gasteiger partial charge on any atom is 0.178 e. The standard InChI is InChI=1S/C13H10Cl2O/c14-8-3-1-2-6-11-9-10-5-4-7-12(15)13(10)16-11/h4-5,7,9H,1,3,8H2. The second-order valence-corrected chi connectivity index (χ2v) is 4.15. The van der Waals surface area contributed by atoms with Crippen LogP contribution in [0.1, 0.15) is 18.6 Å². The van der Waals surface area contributed by atoms with Gasteiger partial charge in [-0.1, -0.05) is 29.7 Å². The lowest BCUT2D eigenvalue weighted by Gasteiger charge is -1.88. The predicted octanol–water partition coefficient (Wildman–Crippen LogP) is 4.46. The van der Waals surface area contributed by atoms with Gasteiger partial charge in [-0.15, -0.1) is 11.6 Å². The summed E-state index contributed by atoms with van der Waals surface area (Å²) in [4.78, 5) is 0. The average molecular weight is 253 g/mol. The molecule has 0 aliphatic heterocycles. The Kier molecular flexibility index (Phi) is 3.77. The summed E-state index contributed by atoms with van der Waals surface area (Å²) < 4.78 is 5.54. The summed E-state index contributed by atoms with van der Waals surface area (Å²) in [5, 5.41) is 1.60. The molecule has 0 spiro atoms. The quantitative estimate of drug-likeness (QED) is 0.437. The van der Waals surface area contributed by atoms with Gasteiger partial charge >= 0.3 is 0 Å². The van der Waals surface area contributed by atoms with Crippen LogP contribution >= 0.6 is 23.2 Å². The summed E-state index contributed by atoms with van der Waals surface area (Å²) in [7, 11) is 0. The lowest BCUT2D eigenvalue weighted by molar-refractivity contribution is 0.601. The third-order valence-corrected chi connectivity index (χ3v) is 2.71. The van der Waals surface area contributed by atoms with Crippen LogP contribution in [0.2, 0.25) is 5.02 Å². The van der Waals surface area contributed by atoms with Crippen LogP contribution in [0.5, 0.6) is 0 Å². The minimum Gasteiger partial charge on any atom is -0.446 e. The summed E-state index contributed by atoms with van der Waals surface area (Å²) in [5.74, 6) is 7.26. The Morgan fingerprint density at radius 2 is 2.19 bits per heavy atom. The molecular formula is C13H10Cl2O. The van der Waals surface area contributed by atoms with Crippen molar-refractivity contribution in [3.8, 4) is 11.8 Å². The van der Waals surface area contributed by atoms with E-state index < -0.39 is 0 Å². The van der Waals surface area contributed by atoms with Crippen LogP contribution in [0.3, 0.4) is 0 Å². The van der Waals surface area contributed by atoms with Gasteiger partial charge in [0, 0.05) is 23.8 Å². The Morgan fingerprint density at radius 3 is 2.94 bits per heavy atom. The van der Waals surface area contributed by atoms with Gasteiger partial charge in [0.15, 0.2) is 11.3 Å². The fraction of sp³-hybridized carbons (Fsp3) is 0.231. The molecular weight excluding hydrogens is 243 g/mol. The fourth-order valence-corrected chi connectivity index (χ4v) is 1.75. The first-order valence-electron chi connectivity index (χ1n) is 5.04. The van der Waals surface area contributed by atoms with Crippen molar-refractivity contribution in [1.29, 1.82) is 0 Å². The second-order valence-electron chi connectivity index (χ2n) is 3.36. The highest BCUT2D eigenvalue weighted by Gasteiger charge is 2.04. The zero-order chi connectivity index (χ0) is 11.4. The summed E-state index contributed by atoms with van der Waals surface area (Å²) in [6.45, 7) is 0. The first-order valence-corrected chi connectivity index (χ1v) is 5.95. The van der Waals surface area contributed by atoms with E-state index in [1.165, 1.54) is 0 Å². The van der Waals surface area contributed by atoms with Gasteiger partial charge < -0.3 is 4.42 Å². The van der Waals surface area contributed by atoms with Gasteiger partial charge in [0.05, 0.1) is 5.02 Å². The van der Waals surface area contributed by atoms with Crippen molar-refractivity contribution in [1.82, 2.24) is 0 Å². The number of benzene rings is 1. The van der Waals surface area contributed by atoms with Crippen LogP contribution in [-0.2, 0) is 0 Å². The SMILES string of the molecule is ClCCCC#Cc1cc2cccc(Cl)c2o1. The van der Waals surface area contributed by atoms with Crippen molar-refractivity contribution in [2.24, 2.45) is 0 Å². The Balaban J connectivity index is 2.25. The van der Waals surface area contributed by atoms with E-state index in [1.54, 1.807) is 6.07 Å². The van der Waals surface area contributed by atoms with Gasteiger partial charge in [-0.3, -0.25) is 0 Å². The molecule has 2 aromatic rings. The lowest BCUT2D eigenvalue weighted by atomic mass is 10.2. The number of halogens is 2. The molecule has 16 heavy (non-hydrogen) atoms. The van der Waals surface area contributed by atoms with Gasteiger partial charge in [0.25, 0.3) is 0 Å². The molecule has 82 valence electrons. The van der Waals surface area contributed by atoms with E-state index >= 15 is 0 Å². The van der Waals surface area contributed by atoms with Crippen molar-refractivity contribution >= 4 is 34.2 Å². The van der Waals surface area contributed by atoms with E-state index in [-0.39, 0.29) is 0 Å². The minimum atomic E-state index is 0.617. The van der Waals surface area contributed by atoms with Crippen LogP contribution < -0.4 is 0 Å². The Labute approximate surface area is 104 Å². The molecule has 1 heterocycles. The molecule has 0 aliphatic carbocycles. The number of hydrogen-bond acceptors (Lipinski definition) is 1. The van der Waals surface area contributed by atoms with E-state index in [0.29, 0.717) is 22.2 Å². The normalized spacial score (nSPS) is 10.1. The molecule has 0 N–H and O–H groups in total. The van der Waals surface area contributed by atoms with E-state index in [2.05, 4.69) is 11.8 Å². The van der Waals surface area contributed by atoms with Crippen LogP contribution in [-0.4, -0.2) is 5.88 Å². The molecule has 1 nitrogen and oxygen atoms in total. The molecule has 0 amide bonds. The maximum absolute atomic E-state index is 5.99. The summed E-state index contributed by atoms with van der Waals surface area (Å²) in [6, 6.07) is 7.55. The average Bonchev–Trinajstić information content (AvgIpc) is 2.69. The third-order valence-electron chi connectivity index (χ3n) is 2.14. The van der Waals surface area contributed by atoms with Crippen LogP contribution in [0.15, 0.2) is 28.7 Å². The minimum absolute atomic E-state index is 0.617. The van der Waals surface area contributed by atoms with E-state index in [4.69, 9.17) is 27.6 Å². The lowest BCUT2D eigenvalue weighted by Crippen LogP contribution is -1.71. The van der Waals surface area contributed by atoms with Crippen molar-refractivity contribution < 1.29 is 4.42 Å². The van der Waals surface area contributed by atoms with Crippen LogP contribution in [0.25, 0.3) is 11.0 Å². The number of para-hydroxylation sites is 1. The molecule has 1 aromatic heterocycles. The molecule has 0 atom stereocenters. The molecule has 0 saturated carbocycles. The van der Waals surface area contributed by atoms with Crippen LogP contribution in [0.4, 0.5) is 0 Å². The first kappa shape index (κ1) is 11.4. The molecule has 1 aromatic carbocycles. The largest absolute Gasteiger partial charge is 0.446 e. The highest BCUT2D eigenvalue weighted by atomic mass is 35.5. The van der Waals surface area contributed by atoms with Crippen molar-refractivity contribution in [3.63, 3.8) is 0 Å². The first-order chi connectivity index (χ1) is 7.81. The van der Waals surface area contributed by atoms with Gasteiger partial charge in [-0.25, -0.2) is 0 Å². The van der Waals surface area contributed by atoms with Crippen molar-refractivity contribution in [2.75, 3.05) is 5.88 Å². The second kappa shape index (κ2) is 5.30. The van der Waals surface area contributed by atoms with Gasteiger partial charge in [-0.2, -0.15) is 0 Å². The zero-order valence-electron chi connectivity index (χ0n) is 8.59. The molecule has 0 bridgehead atoms. The third kappa shape index (κ3) is 2.52.